The van der Waals surface area contributed by atoms with Crippen LogP contribution in [0.3, 0.4) is 0 Å². The van der Waals surface area contributed by atoms with Crippen molar-refractivity contribution in [2.24, 2.45) is 10.4 Å². The minimum Gasteiger partial charge on any atom is -0.211 e. The number of hydrogen-bond donors (Lipinski definition) is 0. The Balaban J connectivity index is 5.24. The predicted octanol–water partition coefficient (Wildman–Crippen LogP) is 2.40. The van der Waals surface area contributed by atoms with Crippen molar-refractivity contribution in [1.29, 1.82) is 0 Å². The Morgan fingerprint density at radius 2 is 1.67 bits per heavy atom. The van der Waals surface area contributed by atoms with E-state index in [0.717, 1.165) is 29.5 Å². The second-order valence-electron chi connectivity index (χ2n) is 4.57. The number of aliphatic imine (C=N–C) groups is 1. The van der Waals surface area contributed by atoms with Crippen LogP contribution in [0.5, 0.6) is 0 Å². The van der Waals surface area contributed by atoms with Crippen molar-refractivity contribution in [3.8, 4) is 0 Å². The number of nitrogens with zero attached hydrogens (tertiary/aromatic N) is 1. The Labute approximate surface area is 97.0 Å². The van der Waals surface area contributed by atoms with Gasteiger partial charge in [0, 0.05) is 10.2 Å². The number of carbonyl (C=O) groups excluding carboxylic acids is 1. The molecular weight excluding hydrogens is 202 g/mol. The molecule has 0 rings (SSSR count). The second kappa shape index (κ2) is 6.24. The Morgan fingerprint density at radius 1 is 1.13 bits per heavy atom. The summed E-state index contributed by atoms with van der Waals surface area (Å²) >= 11 is 0. The lowest BCUT2D eigenvalue weighted by molar-refractivity contribution is 0.150. The fourth-order valence-electron chi connectivity index (χ4n) is 2.79. The fourth-order valence-corrected chi connectivity index (χ4v) is 3.83. The highest BCUT2D eigenvalue weighted by molar-refractivity contribution is 6.16. The summed E-state index contributed by atoms with van der Waals surface area (Å²) in [5.74, 6) is 0. The number of rotatable bonds is 7. The maximum absolute atomic E-state index is 10.6. The smallest absolute Gasteiger partial charge is 0.211 e. The molecule has 0 amide bonds. The van der Waals surface area contributed by atoms with Crippen LogP contribution in [0.1, 0.15) is 59.8 Å². The molecule has 0 bridgehead atoms. The Hall–Kier alpha value is -0.403. The largest absolute Gasteiger partial charge is 0.235 e. The first kappa shape index (κ1) is 14.6. The molecule has 88 valence electrons. The van der Waals surface area contributed by atoms with Crippen LogP contribution in [-0.2, 0) is 4.79 Å². The fraction of sp³-hybridized carbons (Fsp3) is 0.917. The highest BCUT2D eigenvalue weighted by Crippen LogP contribution is 2.44. The molecule has 0 fully saturated rings. The first-order chi connectivity index (χ1) is 7.05. The van der Waals surface area contributed by atoms with Crippen LogP contribution in [0, 0.1) is 5.41 Å². The van der Waals surface area contributed by atoms with Gasteiger partial charge in [-0.25, -0.2) is 9.79 Å². The summed E-state index contributed by atoms with van der Waals surface area (Å²) in [5.41, 5.74) is 0.222. The molecule has 0 radical (unpaired) electrons. The summed E-state index contributed by atoms with van der Waals surface area (Å²) in [6.45, 7) is 8.80. The molecule has 0 aliphatic carbocycles. The lowest BCUT2D eigenvalue weighted by atomic mass is 9.70. The highest BCUT2D eigenvalue weighted by Gasteiger charge is 2.43. The van der Waals surface area contributed by atoms with Crippen molar-refractivity contribution in [3.63, 3.8) is 0 Å². The van der Waals surface area contributed by atoms with Gasteiger partial charge in [0.1, 0.15) is 0 Å². The van der Waals surface area contributed by atoms with Gasteiger partial charge < -0.3 is 0 Å². The van der Waals surface area contributed by atoms with Crippen molar-refractivity contribution in [2.75, 3.05) is 0 Å². The molecule has 0 aromatic carbocycles. The van der Waals surface area contributed by atoms with Gasteiger partial charge in [-0.15, -0.1) is 0 Å². The van der Waals surface area contributed by atoms with E-state index in [2.05, 4.69) is 32.7 Å². The normalized spacial score (nSPS) is 15.7. The third kappa shape index (κ3) is 2.79. The monoisotopic (exact) mass is 227 g/mol. The van der Waals surface area contributed by atoms with Crippen LogP contribution in [0.2, 0.25) is 0 Å². The molecule has 0 aliphatic heterocycles. The lowest BCUT2D eigenvalue weighted by Gasteiger charge is -2.45. The zero-order valence-electron chi connectivity index (χ0n) is 10.9. The van der Waals surface area contributed by atoms with E-state index < -0.39 is 0 Å². The Morgan fingerprint density at radius 3 is 1.93 bits per heavy atom. The van der Waals surface area contributed by atoms with E-state index in [1.807, 2.05) is 0 Å². The molecule has 15 heavy (non-hydrogen) atoms. The Kier molecular flexibility index (Phi) is 6.07. The third-order valence-corrected chi connectivity index (χ3v) is 6.20. The van der Waals surface area contributed by atoms with E-state index in [-0.39, 0.29) is 10.6 Å². The minimum atomic E-state index is -0.103. The van der Waals surface area contributed by atoms with E-state index in [1.54, 1.807) is 6.08 Å². The van der Waals surface area contributed by atoms with Crippen LogP contribution in [0.25, 0.3) is 0 Å². The van der Waals surface area contributed by atoms with Gasteiger partial charge in [0.25, 0.3) is 0 Å². The van der Waals surface area contributed by atoms with E-state index in [1.165, 1.54) is 12.8 Å². The van der Waals surface area contributed by atoms with Gasteiger partial charge in [0.15, 0.2) is 0 Å². The molecular formula is C12H25NOSi. The first-order valence-corrected chi connectivity index (χ1v) is 7.14. The quantitative estimate of drug-likeness (QED) is 0.373. The highest BCUT2D eigenvalue weighted by atomic mass is 28.1. The summed E-state index contributed by atoms with van der Waals surface area (Å²) in [6.07, 6.45) is 7.33. The molecule has 0 aromatic rings. The summed E-state index contributed by atoms with van der Waals surface area (Å²) in [7, 11) is 0.940. The van der Waals surface area contributed by atoms with Crippen LogP contribution >= 0.6 is 0 Å². The maximum Gasteiger partial charge on any atom is 0.235 e. The second-order valence-corrected chi connectivity index (χ2v) is 6.22. The maximum atomic E-state index is 10.6. The summed E-state index contributed by atoms with van der Waals surface area (Å²) in [4.78, 5) is 14.8. The number of hydrogen-bond acceptors (Lipinski definition) is 2. The molecule has 0 saturated heterocycles. The molecule has 0 saturated carbocycles. The van der Waals surface area contributed by atoms with E-state index in [0.29, 0.717) is 0 Å². The molecule has 0 N–H and O–H groups in total. The van der Waals surface area contributed by atoms with Crippen molar-refractivity contribution >= 4 is 16.3 Å². The summed E-state index contributed by atoms with van der Waals surface area (Å²) in [5, 5.41) is -0.103. The van der Waals surface area contributed by atoms with Gasteiger partial charge in [-0.3, -0.25) is 0 Å². The van der Waals surface area contributed by atoms with Crippen LogP contribution in [-0.4, -0.2) is 21.5 Å². The predicted molar refractivity (Wildman–Crippen MR) is 69.0 cm³/mol. The molecule has 1 unspecified atom stereocenters. The molecule has 0 heterocycles. The van der Waals surface area contributed by atoms with Gasteiger partial charge in [-0.1, -0.05) is 34.1 Å². The van der Waals surface area contributed by atoms with Crippen LogP contribution in [0.4, 0.5) is 0 Å². The van der Waals surface area contributed by atoms with Crippen molar-refractivity contribution in [2.45, 2.75) is 65.0 Å². The summed E-state index contributed by atoms with van der Waals surface area (Å²) < 4.78 is 0. The zero-order chi connectivity index (χ0) is 11.9. The standard InChI is InChI=1S/C12H25NOSi/c1-5-9-11(6-2,7-3)12(15,8-4)13-10-14/h5-9H2,1-4,15H3. The summed E-state index contributed by atoms with van der Waals surface area (Å²) in [6, 6.07) is 0. The van der Waals surface area contributed by atoms with Gasteiger partial charge in [-0.05, 0) is 31.1 Å². The van der Waals surface area contributed by atoms with Gasteiger partial charge >= 0.3 is 0 Å². The zero-order valence-corrected chi connectivity index (χ0v) is 12.9. The molecule has 1 atom stereocenters. The average molecular weight is 227 g/mol. The molecule has 2 nitrogen and oxygen atoms in total. The van der Waals surface area contributed by atoms with Gasteiger partial charge in [0.05, 0.1) is 5.16 Å². The van der Waals surface area contributed by atoms with Crippen molar-refractivity contribution in [1.82, 2.24) is 0 Å². The molecule has 0 spiro atoms. The third-order valence-electron chi connectivity index (χ3n) is 4.21. The molecule has 0 aromatic heterocycles. The van der Waals surface area contributed by atoms with Gasteiger partial charge in [0.2, 0.25) is 6.08 Å². The topological polar surface area (TPSA) is 29.4 Å². The van der Waals surface area contributed by atoms with Gasteiger partial charge in [-0.2, -0.15) is 0 Å². The minimum absolute atomic E-state index is 0.103. The lowest BCUT2D eigenvalue weighted by Crippen LogP contribution is -2.46. The average Bonchev–Trinajstić information content (AvgIpc) is 2.26. The van der Waals surface area contributed by atoms with Crippen molar-refractivity contribution < 1.29 is 4.79 Å². The van der Waals surface area contributed by atoms with Crippen LogP contribution in [0.15, 0.2) is 4.99 Å². The van der Waals surface area contributed by atoms with E-state index in [9.17, 15) is 4.79 Å². The first-order valence-electron chi connectivity index (χ1n) is 6.14. The van der Waals surface area contributed by atoms with E-state index >= 15 is 0 Å². The number of isocyanates is 1. The molecule has 3 heteroatoms. The Bertz CT molecular complexity index is 232. The molecule has 0 aliphatic rings. The van der Waals surface area contributed by atoms with Crippen molar-refractivity contribution in [3.05, 3.63) is 0 Å². The van der Waals surface area contributed by atoms with E-state index in [4.69, 9.17) is 0 Å². The van der Waals surface area contributed by atoms with Crippen LogP contribution < -0.4 is 0 Å². The SMILES string of the molecule is CCCC(CC)(CC)C([SiH3])(CC)N=C=O.